The molecule has 78 valence electrons. The van der Waals surface area contributed by atoms with Gasteiger partial charge in [0.1, 0.15) is 17.3 Å². The third kappa shape index (κ3) is 1.41. The molecule has 0 aliphatic heterocycles. The molecule has 2 aromatic rings. The predicted octanol–water partition coefficient (Wildman–Crippen LogP) is 2.01. The molecule has 0 saturated carbocycles. The second-order valence-electron chi connectivity index (χ2n) is 3.03. The minimum absolute atomic E-state index is 0.0617. The van der Waals surface area contributed by atoms with E-state index in [1.165, 1.54) is 25.3 Å². The zero-order chi connectivity index (χ0) is 11.0. The summed E-state index contributed by atoms with van der Waals surface area (Å²) >= 11 is 0. The van der Waals surface area contributed by atoms with E-state index in [0.717, 1.165) is 0 Å². The first-order chi connectivity index (χ1) is 7.13. The zero-order valence-electron chi connectivity index (χ0n) is 7.87. The zero-order valence-corrected chi connectivity index (χ0v) is 7.87. The van der Waals surface area contributed by atoms with E-state index in [-0.39, 0.29) is 11.1 Å². The van der Waals surface area contributed by atoms with Crippen LogP contribution in [0.5, 0.6) is 5.75 Å². The summed E-state index contributed by atoms with van der Waals surface area (Å²) in [6.07, 6.45) is 0. The van der Waals surface area contributed by atoms with E-state index in [1.54, 1.807) is 0 Å². The number of hydrogen-bond donors (Lipinski definition) is 2. The monoisotopic (exact) mass is 209 g/mol. The highest BCUT2D eigenvalue weighted by atomic mass is 19.1. The number of H-pyrrole nitrogens is 1. The number of halogens is 1. The third-order valence-corrected chi connectivity index (χ3v) is 2.15. The number of carboxylic acids is 1. The van der Waals surface area contributed by atoms with Crippen LogP contribution in [0.15, 0.2) is 18.2 Å². The van der Waals surface area contributed by atoms with Crippen molar-refractivity contribution in [3.05, 3.63) is 29.7 Å². The molecule has 0 amide bonds. The fourth-order valence-electron chi connectivity index (χ4n) is 1.44. The van der Waals surface area contributed by atoms with E-state index in [4.69, 9.17) is 9.84 Å². The van der Waals surface area contributed by atoms with Gasteiger partial charge in [-0.25, -0.2) is 9.18 Å². The van der Waals surface area contributed by atoms with Crippen LogP contribution in [0.1, 0.15) is 10.5 Å². The second kappa shape index (κ2) is 3.27. The lowest BCUT2D eigenvalue weighted by molar-refractivity contribution is 0.0691. The molecule has 1 aromatic heterocycles. The summed E-state index contributed by atoms with van der Waals surface area (Å²) in [5.74, 6) is -1.19. The molecular weight excluding hydrogens is 201 g/mol. The molecule has 0 fully saturated rings. The Morgan fingerprint density at radius 2 is 2.27 bits per heavy atom. The Kier molecular flexibility index (Phi) is 2.07. The lowest BCUT2D eigenvalue weighted by Crippen LogP contribution is -1.95. The molecule has 0 radical (unpaired) electrons. The van der Waals surface area contributed by atoms with E-state index >= 15 is 0 Å². The summed E-state index contributed by atoms with van der Waals surface area (Å²) in [4.78, 5) is 13.3. The van der Waals surface area contributed by atoms with Crippen molar-refractivity contribution in [2.45, 2.75) is 0 Å². The number of aromatic nitrogens is 1. The highest BCUT2D eigenvalue weighted by molar-refractivity contribution is 5.96. The van der Waals surface area contributed by atoms with E-state index in [2.05, 4.69) is 4.98 Å². The Morgan fingerprint density at radius 1 is 1.53 bits per heavy atom. The van der Waals surface area contributed by atoms with Crippen molar-refractivity contribution in [3.8, 4) is 5.75 Å². The van der Waals surface area contributed by atoms with Crippen molar-refractivity contribution in [2.75, 3.05) is 7.11 Å². The van der Waals surface area contributed by atoms with Crippen LogP contribution in [0.2, 0.25) is 0 Å². The molecule has 0 atom stereocenters. The van der Waals surface area contributed by atoms with Crippen molar-refractivity contribution in [1.29, 1.82) is 0 Å². The average Bonchev–Trinajstić information content (AvgIpc) is 2.64. The van der Waals surface area contributed by atoms with Crippen LogP contribution in [-0.4, -0.2) is 23.2 Å². The number of aromatic carboxylic acids is 1. The summed E-state index contributed by atoms with van der Waals surface area (Å²) in [6.45, 7) is 0. The molecular formula is C10H8FNO3. The standard InChI is InChI=1S/C10H8FNO3/c1-15-8-3-2-6(11)5-4-7(10(13)14)12-9(5)8/h2-4,12H,1H3,(H,13,14). The van der Waals surface area contributed by atoms with Crippen LogP contribution in [0.25, 0.3) is 10.9 Å². The molecule has 2 rings (SSSR count). The smallest absolute Gasteiger partial charge is 0.352 e. The highest BCUT2D eigenvalue weighted by Gasteiger charge is 2.13. The third-order valence-electron chi connectivity index (χ3n) is 2.15. The highest BCUT2D eigenvalue weighted by Crippen LogP contribution is 2.27. The molecule has 0 unspecified atom stereocenters. The van der Waals surface area contributed by atoms with Gasteiger partial charge in [-0.2, -0.15) is 0 Å². The van der Waals surface area contributed by atoms with Crippen molar-refractivity contribution in [1.82, 2.24) is 4.98 Å². The second-order valence-corrected chi connectivity index (χ2v) is 3.03. The summed E-state index contributed by atoms with van der Waals surface area (Å²) in [5, 5.41) is 8.96. The van der Waals surface area contributed by atoms with Crippen LogP contribution in [0, 0.1) is 5.82 Å². The molecule has 0 bridgehead atoms. The molecule has 0 spiro atoms. The van der Waals surface area contributed by atoms with Crippen molar-refractivity contribution in [3.63, 3.8) is 0 Å². The van der Waals surface area contributed by atoms with Crippen molar-refractivity contribution < 1.29 is 19.0 Å². The first kappa shape index (κ1) is 9.51. The van der Waals surface area contributed by atoms with Gasteiger partial charge in [-0.3, -0.25) is 0 Å². The summed E-state index contributed by atoms with van der Waals surface area (Å²) in [5.41, 5.74) is 0.295. The predicted molar refractivity (Wildman–Crippen MR) is 51.8 cm³/mol. The minimum atomic E-state index is -1.13. The maximum absolute atomic E-state index is 13.3. The number of carboxylic acid groups (broad SMARTS) is 1. The molecule has 15 heavy (non-hydrogen) atoms. The fraction of sp³-hybridized carbons (Fsp3) is 0.100. The Labute approximate surface area is 84.3 Å². The van der Waals surface area contributed by atoms with Gasteiger partial charge in [0.2, 0.25) is 0 Å². The lowest BCUT2D eigenvalue weighted by atomic mass is 10.2. The molecule has 1 aromatic carbocycles. The van der Waals surface area contributed by atoms with Gasteiger partial charge in [-0.05, 0) is 18.2 Å². The Hall–Kier alpha value is -2.04. The number of ether oxygens (including phenoxy) is 1. The van der Waals surface area contributed by atoms with E-state index < -0.39 is 11.8 Å². The average molecular weight is 209 g/mol. The summed E-state index contributed by atoms with van der Waals surface area (Å²) < 4.78 is 18.3. The summed E-state index contributed by atoms with van der Waals surface area (Å²) in [7, 11) is 1.44. The topological polar surface area (TPSA) is 62.3 Å². The SMILES string of the molecule is COc1ccc(F)c2cc(C(=O)O)[nH]c12. The molecule has 0 aliphatic carbocycles. The van der Waals surface area contributed by atoms with Gasteiger partial charge in [0.25, 0.3) is 0 Å². The fourth-order valence-corrected chi connectivity index (χ4v) is 1.44. The first-order valence-corrected chi connectivity index (χ1v) is 4.22. The molecule has 4 nitrogen and oxygen atoms in total. The van der Waals surface area contributed by atoms with Gasteiger partial charge in [-0.15, -0.1) is 0 Å². The first-order valence-electron chi connectivity index (χ1n) is 4.22. The number of fused-ring (bicyclic) bond motifs is 1. The van der Waals surface area contributed by atoms with Gasteiger partial charge in [0.05, 0.1) is 12.6 Å². The number of benzene rings is 1. The largest absolute Gasteiger partial charge is 0.495 e. The minimum Gasteiger partial charge on any atom is -0.495 e. The lowest BCUT2D eigenvalue weighted by Gasteiger charge is -2.00. The van der Waals surface area contributed by atoms with Crippen LogP contribution in [0.3, 0.4) is 0 Å². The molecule has 5 heteroatoms. The van der Waals surface area contributed by atoms with E-state index in [1.807, 2.05) is 0 Å². The Morgan fingerprint density at radius 3 is 2.87 bits per heavy atom. The number of methoxy groups -OCH3 is 1. The molecule has 0 aliphatic rings. The Bertz CT molecular complexity index is 533. The maximum Gasteiger partial charge on any atom is 0.352 e. The normalized spacial score (nSPS) is 10.5. The van der Waals surface area contributed by atoms with Gasteiger partial charge in [0, 0.05) is 5.39 Å². The van der Waals surface area contributed by atoms with E-state index in [9.17, 15) is 9.18 Å². The van der Waals surface area contributed by atoms with Crippen molar-refractivity contribution >= 4 is 16.9 Å². The number of nitrogens with one attached hydrogen (secondary N) is 1. The van der Waals surface area contributed by atoms with Gasteiger partial charge in [0.15, 0.2) is 0 Å². The van der Waals surface area contributed by atoms with Crippen LogP contribution in [-0.2, 0) is 0 Å². The Balaban J connectivity index is 2.77. The van der Waals surface area contributed by atoms with Gasteiger partial charge >= 0.3 is 5.97 Å². The molecule has 2 N–H and O–H groups in total. The number of rotatable bonds is 2. The van der Waals surface area contributed by atoms with Gasteiger partial charge < -0.3 is 14.8 Å². The maximum atomic E-state index is 13.3. The van der Waals surface area contributed by atoms with Crippen LogP contribution >= 0.6 is 0 Å². The quantitative estimate of drug-likeness (QED) is 0.795. The van der Waals surface area contributed by atoms with Crippen molar-refractivity contribution in [2.24, 2.45) is 0 Å². The molecule has 0 saturated heterocycles. The summed E-state index contributed by atoms with van der Waals surface area (Å²) in [6, 6.07) is 3.93. The molecule has 1 heterocycles. The van der Waals surface area contributed by atoms with E-state index in [0.29, 0.717) is 11.3 Å². The van der Waals surface area contributed by atoms with Crippen LogP contribution in [0.4, 0.5) is 4.39 Å². The van der Waals surface area contributed by atoms with Crippen LogP contribution < -0.4 is 4.74 Å². The number of aromatic amines is 1. The number of hydrogen-bond acceptors (Lipinski definition) is 2. The van der Waals surface area contributed by atoms with Gasteiger partial charge in [-0.1, -0.05) is 0 Å². The number of carbonyl (C=O) groups is 1.